The van der Waals surface area contributed by atoms with Gasteiger partial charge in [-0.25, -0.2) is 4.98 Å². The van der Waals surface area contributed by atoms with E-state index >= 15 is 0 Å². The molecule has 2 aromatic carbocycles. The summed E-state index contributed by atoms with van der Waals surface area (Å²) in [5.74, 6) is 0.0473. The van der Waals surface area contributed by atoms with E-state index in [1.807, 2.05) is 52.9 Å². The summed E-state index contributed by atoms with van der Waals surface area (Å²) >= 11 is 0. The quantitative estimate of drug-likeness (QED) is 0.670. The number of carbonyl (C=O) groups is 1. The molecule has 2 saturated heterocycles. The number of aromatic nitrogens is 2. The molecule has 1 amide bonds. The zero-order valence-corrected chi connectivity index (χ0v) is 17.4. The molecule has 6 heteroatoms. The molecule has 3 aromatic rings. The largest absolute Gasteiger partial charge is 0.373 e. The highest BCUT2D eigenvalue weighted by Gasteiger charge is 2.38. The Morgan fingerprint density at radius 1 is 1.10 bits per heavy atom. The highest BCUT2D eigenvalue weighted by molar-refractivity contribution is 5.97. The number of ether oxygens (including phenoxy) is 1. The maximum Gasteiger partial charge on any atom is 0.254 e. The van der Waals surface area contributed by atoms with Crippen molar-refractivity contribution < 1.29 is 9.53 Å². The summed E-state index contributed by atoms with van der Waals surface area (Å²) in [6.07, 6.45) is 4.25. The van der Waals surface area contributed by atoms with Gasteiger partial charge in [0, 0.05) is 25.7 Å². The summed E-state index contributed by atoms with van der Waals surface area (Å²) in [6, 6.07) is 16.0. The highest BCUT2D eigenvalue weighted by atomic mass is 16.5. The molecule has 0 unspecified atom stereocenters. The van der Waals surface area contributed by atoms with Crippen molar-refractivity contribution in [1.29, 1.82) is 0 Å². The van der Waals surface area contributed by atoms with Crippen molar-refractivity contribution in [3.8, 4) is 0 Å². The molecule has 30 heavy (non-hydrogen) atoms. The monoisotopic (exact) mass is 404 g/mol. The molecule has 2 aliphatic rings. The first-order valence-corrected chi connectivity index (χ1v) is 10.8. The summed E-state index contributed by atoms with van der Waals surface area (Å²) < 4.78 is 8.21. The molecule has 0 saturated carbocycles. The lowest BCUT2D eigenvalue weighted by atomic mass is 9.96. The van der Waals surface area contributed by atoms with Crippen molar-refractivity contribution >= 4 is 16.9 Å². The number of hydrogen-bond donors (Lipinski definition) is 0. The van der Waals surface area contributed by atoms with Crippen LogP contribution in [0.5, 0.6) is 0 Å². The minimum absolute atomic E-state index is 0.0261. The second-order valence-electron chi connectivity index (χ2n) is 8.33. The number of likely N-dealkylation sites (tertiary alicyclic amines) is 1. The maximum atomic E-state index is 13.6. The molecule has 3 heterocycles. The molecule has 0 aliphatic carbocycles. The highest BCUT2D eigenvalue weighted by Crippen LogP contribution is 2.32. The third-order valence-corrected chi connectivity index (χ3v) is 6.36. The molecule has 0 spiro atoms. The Labute approximate surface area is 177 Å². The van der Waals surface area contributed by atoms with Crippen molar-refractivity contribution in [2.75, 3.05) is 32.8 Å². The molecule has 2 aliphatic heterocycles. The van der Waals surface area contributed by atoms with E-state index in [4.69, 9.17) is 4.74 Å². The molecule has 0 N–H and O–H groups in total. The fourth-order valence-electron chi connectivity index (χ4n) is 4.81. The van der Waals surface area contributed by atoms with E-state index in [9.17, 15) is 4.79 Å². The lowest BCUT2D eigenvalue weighted by molar-refractivity contribution is -0.0707. The van der Waals surface area contributed by atoms with Crippen molar-refractivity contribution in [2.24, 2.45) is 7.05 Å². The van der Waals surface area contributed by atoms with E-state index in [0.717, 1.165) is 36.2 Å². The van der Waals surface area contributed by atoms with Crippen LogP contribution < -0.4 is 0 Å². The number of morpholine rings is 1. The Morgan fingerprint density at radius 3 is 2.70 bits per heavy atom. The Balaban J connectivity index is 1.47. The number of fused-ring (bicyclic) bond motifs is 1. The van der Waals surface area contributed by atoms with Gasteiger partial charge in [-0.3, -0.25) is 4.79 Å². The number of hydrogen-bond acceptors (Lipinski definition) is 4. The minimum atomic E-state index is -0.0903. The third kappa shape index (κ3) is 3.61. The van der Waals surface area contributed by atoms with Gasteiger partial charge < -0.3 is 19.1 Å². The predicted molar refractivity (Wildman–Crippen MR) is 116 cm³/mol. The van der Waals surface area contributed by atoms with Crippen LogP contribution in [0.2, 0.25) is 0 Å². The molecular weight excluding hydrogens is 376 g/mol. The Bertz CT molecular complexity index is 1030. The Morgan fingerprint density at radius 2 is 1.90 bits per heavy atom. The average Bonchev–Trinajstić information content (AvgIpc) is 3.43. The number of imidazole rings is 1. The number of carbonyl (C=O) groups excluding carboxylic acids is 1. The van der Waals surface area contributed by atoms with Gasteiger partial charge in [0.15, 0.2) is 0 Å². The molecule has 0 bridgehead atoms. The van der Waals surface area contributed by atoms with Crippen molar-refractivity contribution in [1.82, 2.24) is 19.4 Å². The van der Waals surface area contributed by atoms with Gasteiger partial charge >= 0.3 is 0 Å². The van der Waals surface area contributed by atoms with Crippen LogP contribution in [0, 0.1) is 0 Å². The summed E-state index contributed by atoms with van der Waals surface area (Å²) in [5.41, 5.74) is 3.69. The minimum Gasteiger partial charge on any atom is -0.373 e. The molecule has 2 atom stereocenters. The molecule has 5 rings (SSSR count). The maximum absolute atomic E-state index is 13.6. The zero-order chi connectivity index (χ0) is 20.5. The van der Waals surface area contributed by atoms with E-state index < -0.39 is 0 Å². The summed E-state index contributed by atoms with van der Waals surface area (Å²) in [5, 5.41) is 0. The average molecular weight is 405 g/mol. The Kier molecular flexibility index (Phi) is 5.27. The summed E-state index contributed by atoms with van der Waals surface area (Å²) in [6.45, 7) is 4.26. The van der Waals surface area contributed by atoms with Crippen molar-refractivity contribution in [3.05, 3.63) is 66.0 Å². The predicted octanol–water partition coefficient (Wildman–Crippen LogP) is 3.25. The van der Waals surface area contributed by atoms with Crippen LogP contribution in [0.1, 0.15) is 34.8 Å². The summed E-state index contributed by atoms with van der Waals surface area (Å²) in [4.78, 5) is 22.5. The molecular formula is C24H28N4O2. The van der Waals surface area contributed by atoms with Crippen LogP contribution in [-0.2, 0) is 11.8 Å². The molecule has 6 nitrogen and oxygen atoms in total. The second kappa shape index (κ2) is 8.20. The van der Waals surface area contributed by atoms with Crippen molar-refractivity contribution in [2.45, 2.75) is 25.0 Å². The number of amides is 1. The summed E-state index contributed by atoms with van der Waals surface area (Å²) in [7, 11) is 1.97. The van der Waals surface area contributed by atoms with Gasteiger partial charge in [0.25, 0.3) is 5.91 Å². The van der Waals surface area contributed by atoms with E-state index in [1.165, 1.54) is 12.8 Å². The first-order valence-electron chi connectivity index (χ1n) is 10.8. The third-order valence-electron chi connectivity index (χ3n) is 6.36. The number of rotatable bonds is 4. The van der Waals surface area contributed by atoms with Gasteiger partial charge in [-0.15, -0.1) is 0 Å². The van der Waals surface area contributed by atoms with Crippen LogP contribution >= 0.6 is 0 Å². The van der Waals surface area contributed by atoms with Gasteiger partial charge in [0.1, 0.15) is 0 Å². The normalized spacial score (nSPS) is 22.6. The van der Waals surface area contributed by atoms with E-state index in [2.05, 4.69) is 22.0 Å². The van der Waals surface area contributed by atoms with E-state index in [0.29, 0.717) is 18.7 Å². The van der Waals surface area contributed by atoms with Crippen LogP contribution in [-0.4, -0.2) is 64.1 Å². The van der Waals surface area contributed by atoms with Gasteiger partial charge in [-0.1, -0.05) is 30.3 Å². The first-order chi connectivity index (χ1) is 14.7. The van der Waals surface area contributed by atoms with Crippen molar-refractivity contribution in [3.63, 3.8) is 0 Å². The van der Waals surface area contributed by atoms with Gasteiger partial charge in [0.05, 0.1) is 36.1 Å². The standard InChI is InChI=1S/C24H28N4O2/c1-26-17-25-20-15-19(9-10-21(20)26)24(29)28-13-14-30-22(16-27-11-5-6-12-27)23(28)18-7-3-2-4-8-18/h2-4,7-10,15,17,22-23H,5-6,11-14,16H2,1H3/t22-,23-/m0/s1. The zero-order valence-electron chi connectivity index (χ0n) is 17.4. The first kappa shape index (κ1) is 19.3. The topological polar surface area (TPSA) is 50.6 Å². The van der Waals surface area contributed by atoms with E-state index in [1.54, 1.807) is 6.33 Å². The molecule has 156 valence electrons. The fraction of sp³-hybridized carbons (Fsp3) is 0.417. The molecule has 1 aromatic heterocycles. The van der Waals surface area contributed by atoms with Gasteiger partial charge in [-0.05, 0) is 49.7 Å². The van der Waals surface area contributed by atoms with Gasteiger partial charge in [0.2, 0.25) is 0 Å². The second-order valence-corrected chi connectivity index (χ2v) is 8.33. The SMILES string of the molecule is Cn1cnc2cc(C(=O)N3CCO[C@@H](CN4CCCC4)[C@@H]3c3ccccc3)ccc21. The lowest BCUT2D eigenvalue weighted by Crippen LogP contribution is -2.51. The smallest absolute Gasteiger partial charge is 0.254 e. The van der Waals surface area contributed by atoms with Crippen LogP contribution in [0.3, 0.4) is 0 Å². The Hall–Kier alpha value is -2.70. The lowest BCUT2D eigenvalue weighted by Gasteiger charge is -2.42. The number of benzene rings is 2. The van der Waals surface area contributed by atoms with Crippen LogP contribution in [0.25, 0.3) is 11.0 Å². The fourth-order valence-corrected chi connectivity index (χ4v) is 4.81. The van der Waals surface area contributed by atoms with Crippen LogP contribution in [0.4, 0.5) is 0 Å². The number of aryl methyl sites for hydroxylation is 1. The number of nitrogens with zero attached hydrogens (tertiary/aromatic N) is 4. The van der Waals surface area contributed by atoms with Crippen LogP contribution in [0.15, 0.2) is 54.9 Å². The van der Waals surface area contributed by atoms with Gasteiger partial charge in [-0.2, -0.15) is 0 Å². The molecule has 2 fully saturated rings. The van der Waals surface area contributed by atoms with E-state index in [-0.39, 0.29) is 18.1 Å². The molecule has 0 radical (unpaired) electrons.